The number of carbonyl (C=O) groups excluding carboxylic acids is 2. The number of halogens is 2. The van der Waals surface area contributed by atoms with Crippen LogP contribution in [0.4, 0.5) is 8.78 Å². The van der Waals surface area contributed by atoms with Gasteiger partial charge in [0.05, 0.1) is 5.56 Å². The Morgan fingerprint density at radius 2 is 1.76 bits per heavy atom. The Balaban J connectivity index is 3.16. The molecule has 0 bridgehead atoms. The highest BCUT2D eigenvalue weighted by molar-refractivity contribution is 5.79. The first-order valence-corrected chi connectivity index (χ1v) is 4.48. The van der Waals surface area contributed by atoms with E-state index in [1.807, 2.05) is 0 Å². The Morgan fingerprint density at radius 3 is 2.12 bits per heavy atom. The van der Waals surface area contributed by atoms with Gasteiger partial charge in [-0.2, -0.15) is 0 Å². The van der Waals surface area contributed by atoms with E-state index in [-0.39, 0.29) is 6.29 Å². The second-order valence-electron chi connectivity index (χ2n) is 3.31. The van der Waals surface area contributed by atoms with Crippen LogP contribution in [0.25, 0.3) is 0 Å². The lowest BCUT2D eigenvalue weighted by molar-refractivity contribution is -0.132. The van der Waals surface area contributed by atoms with Gasteiger partial charge in [-0.25, -0.2) is 8.78 Å². The van der Waals surface area contributed by atoms with Crippen LogP contribution in [-0.4, -0.2) is 28.5 Å². The topological polar surface area (TPSA) is 101 Å². The lowest BCUT2D eigenvalue weighted by Gasteiger charge is -2.15. The number of carbonyl (C=O) groups is 2. The van der Waals surface area contributed by atoms with Crippen LogP contribution in [0.5, 0.6) is 0 Å². The highest BCUT2D eigenvalue weighted by Crippen LogP contribution is 2.21. The molecule has 7 heteroatoms. The average molecular weight is 245 g/mol. The first-order valence-electron chi connectivity index (χ1n) is 4.48. The third kappa shape index (κ3) is 2.63. The molecule has 0 saturated heterocycles. The van der Waals surface area contributed by atoms with E-state index >= 15 is 0 Å². The van der Waals surface area contributed by atoms with Gasteiger partial charge >= 0.3 is 0 Å². The fourth-order valence-corrected chi connectivity index (χ4v) is 1.23. The molecule has 0 spiro atoms. The normalized spacial score (nSPS) is 14.1. The van der Waals surface area contributed by atoms with E-state index < -0.39 is 40.9 Å². The summed E-state index contributed by atoms with van der Waals surface area (Å²) in [6.45, 7) is 0. The first kappa shape index (κ1) is 13.2. The molecular weight excluding hydrogens is 236 g/mol. The molecule has 1 aromatic carbocycles. The summed E-state index contributed by atoms with van der Waals surface area (Å²) >= 11 is 0. The smallest absolute Gasteiger partial charge is 0.249 e. The Labute approximate surface area is 94.5 Å². The maximum absolute atomic E-state index is 13.2. The summed E-state index contributed by atoms with van der Waals surface area (Å²) in [4.78, 5) is 20.9. The molecular formula is C10H9F2NO4. The maximum Gasteiger partial charge on any atom is 0.249 e. The van der Waals surface area contributed by atoms with Crippen molar-refractivity contribution in [1.29, 1.82) is 0 Å². The SMILES string of the molecule is NC(=O)C(O)C(O)c1cc(F)c(C=O)c(F)c1. The van der Waals surface area contributed by atoms with Crippen LogP contribution >= 0.6 is 0 Å². The predicted molar refractivity (Wildman–Crippen MR) is 51.9 cm³/mol. The molecule has 1 aromatic rings. The van der Waals surface area contributed by atoms with Crippen molar-refractivity contribution in [1.82, 2.24) is 0 Å². The first-order chi connectivity index (χ1) is 7.88. The zero-order valence-corrected chi connectivity index (χ0v) is 8.43. The van der Waals surface area contributed by atoms with Crippen molar-refractivity contribution < 1.29 is 28.6 Å². The average Bonchev–Trinajstić information content (AvgIpc) is 2.26. The van der Waals surface area contributed by atoms with E-state index in [4.69, 9.17) is 10.8 Å². The number of aliphatic hydroxyl groups excluding tert-OH is 2. The summed E-state index contributed by atoms with van der Waals surface area (Å²) in [7, 11) is 0. The molecule has 0 saturated carbocycles. The van der Waals surface area contributed by atoms with Gasteiger partial charge in [0.2, 0.25) is 5.91 Å². The van der Waals surface area contributed by atoms with Gasteiger partial charge in [0, 0.05) is 0 Å². The fraction of sp³-hybridized carbons (Fsp3) is 0.200. The van der Waals surface area contributed by atoms with Gasteiger partial charge in [-0.1, -0.05) is 0 Å². The van der Waals surface area contributed by atoms with Crippen LogP contribution in [0.3, 0.4) is 0 Å². The van der Waals surface area contributed by atoms with Crippen molar-refractivity contribution in [3.05, 3.63) is 34.9 Å². The third-order valence-electron chi connectivity index (χ3n) is 2.15. The molecule has 92 valence electrons. The van der Waals surface area contributed by atoms with Gasteiger partial charge in [-0.3, -0.25) is 9.59 Å². The van der Waals surface area contributed by atoms with Gasteiger partial charge in [0.25, 0.3) is 0 Å². The van der Waals surface area contributed by atoms with Gasteiger partial charge < -0.3 is 15.9 Å². The maximum atomic E-state index is 13.2. The Bertz CT molecular complexity index is 441. The van der Waals surface area contributed by atoms with E-state index in [0.717, 1.165) is 0 Å². The van der Waals surface area contributed by atoms with E-state index in [1.54, 1.807) is 0 Å². The molecule has 4 N–H and O–H groups in total. The van der Waals surface area contributed by atoms with Crippen molar-refractivity contribution in [3.63, 3.8) is 0 Å². The highest BCUT2D eigenvalue weighted by atomic mass is 19.1. The minimum Gasteiger partial charge on any atom is -0.385 e. The van der Waals surface area contributed by atoms with Gasteiger partial charge in [0.1, 0.15) is 17.7 Å². The number of benzene rings is 1. The summed E-state index contributed by atoms with van der Waals surface area (Å²) < 4.78 is 26.3. The van der Waals surface area contributed by atoms with Gasteiger partial charge in [0.15, 0.2) is 12.4 Å². The molecule has 0 aliphatic heterocycles. The summed E-state index contributed by atoms with van der Waals surface area (Å²) in [5, 5.41) is 18.5. The van der Waals surface area contributed by atoms with Crippen molar-refractivity contribution in [2.75, 3.05) is 0 Å². The van der Waals surface area contributed by atoms with E-state index in [1.165, 1.54) is 0 Å². The highest BCUT2D eigenvalue weighted by Gasteiger charge is 2.25. The van der Waals surface area contributed by atoms with Crippen LogP contribution in [0, 0.1) is 11.6 Å². The quantitative estimate of drug-likeness (QED) is 0.631. The lowest BCUT2D eigenvalue weighted by Crippen LogP contribution is -2.34. The van der Waals surface area contributed by atoms with Crippen LogP contribution in [-0.2, 0) is 4.79 Å². The van der Waals surface area contributed by atoms with Gasteiger partial charge in [-0.05, 0) is 17.7 Å². The second kappa shape index (κ2) is 4.98. The predicted octanol–water partition coefficient (Wildman–Crippen LogP) is -0.343. The molecule has 0 fully saturated rings. The number of aliphatic hydroxyl groups is 2. The zero-order chi connectivity index (χ0) is 13.2. The van der Waals surface area contributed by atoms with Gasteiger partial charge in [-0.15, -0.1) is 0 Å². The molecule has 0 aliphatic rings. The fourth-order valence-electron chi connectivity index (χ4n) is 1.23. The second-order valence-corrected chi connectivity index (χ2v) is 3.31. The molecule has 5 nitrogen and oxygen atoms in total. The van der Waals surface area contributed by atoms with Crippen molar-refractivity contribution in [2.45, 2.75) is 12.2 Å². The summed E-state index contributed by atoms with van der Waals surface area (Å²) in [5.74, 6) is -3.64. The molecule has 0 radical (unpaired) electrons. The van der Waals surface area contributed by atoms with Crippen molar-refractivity contribution in [2.24, 2.45) is 5.73 Å². The Kier molecular flexibility index (Phi) is 3.87. The molecule has 0 aromatic heterocycles. The monoisotopic (exact) mass is 245 g/mol. The van der Waals surface area contributed by atoms with Crippen LogP contribution in [0.1, 0.15) is 22.0 Å². The number of primary amides is 1. The molecule has 1 rings (SSSR count). The third-order valence-corrected chi connectivity index (χ3v) is 2.15. The number of nitrogens with two attached hydrogens (primary N) is 1. The van der Waals surface area contributed by atoms with E-state index in [9.17, 15) is 23.5 Å². The molecule has 1 amide bonds. The molecule has 0 aliphatic carbocycles. The number of rotatable bonds is 4. The molecule has 2 unspecified atom stereocenters. The van der Waals surface area contributed by atoms with Crippen LogP contribution in [0.15, 0.2) is 12.1 Å². The van der Waals surface area contributed by atoms with Crippen molar-refractivity contribution >= 4 is 12.2 Å². The minimum absolute atomic E-state index is 0.0225. The minimum atomic E-state index is -1.99. The Hall–Kier alpha value is -1.86. The standard InChI is InChI=1S/C10H9F2NO4/c11-6-1-4(2-7(12)5(6)3-14)8(15)9(16)10(13)17/h1-3,8-9,15-16H,(H2,13,17). The van der Waals surface area contributed by atoms with Crippen molar-refractivity contribution in [3.8, 4) is 0 Å². The van der Waals surface area contributed by atoms with E-state index in [2.05, 4.69) is 0 Å². The number of amides is 1. The number of hydrogen-bond donors (Lipinski definition) is 3. The van der Waals surface area contributed by atoms with Crippen LogP contribution in [0.2, 0.25) is 0 Å². The molecule has 0 heterocycles. The Morgan fingerprint density at radius 1 is 1.29 bits per heavy atom. The lowest BCUT2D eigenvalue weighted by atomic mass is 10.0. The largest absolute Gasteiger partial charge is 0.385 e. The molecule has 2 atom stereocenters. The molecule has 17 heavy (non-hydrogen) atoms. The summed E-state index contributed by atoms with van der Waals surface area (Å²) in [5.41, 5.74) is 3.53. The number of aldehydes is 1. The summed E-state index contributed by atoms with van der Waals surface area (Å²) in [6, 6.07) is 1.28. The summed E-state index contributed by atoms with van der Waals surface area (Å²) in [6.07, 6.45) is -3.88. The number of hydrogen-bond acceptors (Lipinski definition) is 4. The van der Waals surface area contributed by atoms with Crippen LogP contribution < -0.4 is 5.73 Å². The zero-order valence-electron chi connectivity index (χ0n) is 8.43. The van der Waals surface area contributed by atoms with E-state index in [0.29, 0.717) is 12.1 Å².